The predicted molar refractivity (Wildman–Crippen MR) is 46.3 cm³/mol. The summed E-state index contributed by atoms with van der Waals surface area (Å²) in [6.45, 7) is 0. The van der Waals surface area contributed by atoms with Gasteiger partial charge in [-0.05, 0) is 18.2 Å². The van der Waals surface area contributed by atoms with E-state index in [4.69, 9.17) is 6.42 Å². The van der Waals surface area contributed by atoms with Crippen molar-refractivity contribution in [3.8, 4) is 12.3 Å². The molecule has 0 fully saturated rings. The van der Waals surface area contributed by atoms with Gasteiger partial charge in [0.15, 0.2) is 0 Å². The number of hydrogen-bond acceptors (Lipinski definition) is 2. The van der Waals surface area contributed by atoms with Crippen LogP contribution in [0.2, 0.25) is 0 Å². The van der Waals surface area contributed by atoms with Crippen LogP contribution >= 0.6 is 0 Å². The fraction of sp³-hybridized carbons (Fsp3) is 0. The second-order valence-electron chi connectivity index (χ2n) is 2.35. The quantitative estimate of drug-likeness (QED) is 0.535. The third-order valence-electron chi connectivity index (χ3n) is 1.59. The van der Waals surface area contributed by atoms with Crippen molar-refractivity contribution in [2.24, 2.45) is 0 Å². The lowest BCUT2D eigenvalue weighted by atomic mass is 10.2. The van der Waals surface area contributed by atoms with Gasteiger partial charge in [-0.3, -0.25) is 4.98 Å². The van der Waals surface area contributed by atoms with Crippen LogP contribution in [0.5, 0.6) is 0 Å². The average molecular weight is 153 g/mol. The van der Waals surface area contributed by atoms with E-state index in [0.29, 0.717) is 5.69 Å². The highest BCUT2D eigenvalue weighted by atomic mass is 14.7. The Kier molecular flexibility index (Phi) is 1.49. The van der Waals surface area contributed by atoms with E-state index >= 15 is 0 Å². The summed E-state index contributed by atoms with van der Waals surface area (Å²) in [6, 6.07) is 5.49. The zero-order valence-corrected chi connectivity index (χ0v) is 6.28. The van der Waals surface area contributed by atoms with Crippen LogP contribution in [0.4, 0.5) is 0 Å². The fourth-order valence-corrected chi connectivity index (χ4v) is 0.997. The lowest BCUT2D eigenvalue weighted by molar-refractivity contribution is 1.28. The highest BCUT2D eigenvalue weighted by Crippen LogP contribution is 2.08. The van der Waals surface area contributed by atoms with Crippen LogP contribution in [0.1, 0.15) is 5.69 Å². The van der Waals surface area contributed by atoms with Crippen molar-refractivity contribution >= 4 is 10.9 Å². The van der Waals surface area contributed by atoms with Gasteiger partial charge in [-0.15, -0.1) is 6.42 Å². The minimum atomic E-state index is 0.635. The Balaban J connectivity index is 2.78. The summed E-state index contributed by atoms with van der Waals surface area (Å²) in [5.74, 6) is 2.47. The van der Waals surface area contributed by atoms with Crippen LogP contribution in [0, 0.1) is 18.5 Å². The molecule has 0 aliphatic rings. The van der Waals surface area contributed by atoms with Crippen molar-refractivity contribution in [1.82, 2.24) is 9.97 Å². The van der Waals surface area contributed by atoms with Gasteiger partial charge < -0.3 is 0 Å². The van der Waals surface area contributed by atoms with Gasteiger partial charge in [-0.25, -0.2) is 4.98 Å². The first-order valence-corrected chi connectivity index (χ1v) is 3.49. The molecule has 0 spiro atoms. The van der Waals surface area contributed by atoms with Gasteiger partial charge in [0.25, 0.3) is 0 Å². The molecule has 0 aliphatic carbocycles. The van der Waals surface area contributed by atoms with Gasteiger partial charge in [0.05, 0.1) is 17.9 Å². The van der Waals surface area contributed by atoms with E-state index in [1.807, 2.05) is 6.07 Å². The van der Waals surface area contributed by atoms with Crippen LogP contribution in [0.25, 0.3) is 10.9 Å². The van der Waals surface area contributed by atoms with Gasteiger partial charge in [-0.1, -0.05) is 5.92 Å². The van der Waals surface area contributed by atoms with Crippen LogP contribution in [-0.2, 0) is 0 Å². The molecule has 0 saturated carbocycles. The molecule has 55 valence electrons. The number of hydrogen-bond donors (Lipinski definition) is 0. The maximum Gasteiger partial charge on any atom is 0.113 e. The van der Waals surface area contributed by atoms with Gasteiger partial charge >= 0.3 is 0 Å². The zero-order chi connectivity index (χ0) is 8.39. The molecule has 2 heteroatoms. The smallest absolute Gasteiger partial charge is 0.113 e. The van der Waals surface area contributed by atoms with E-state index in [-0.39, 0.29) is 0 Å². The van der Waals surface area contributed by atoms with E-state index in [0.717, 1.165) is 10.9 Å². The summed E-state index contributed by atoms with van der Waals surface area (Å²) in [6.07, 6.45) is 9.58. The Morgan fingerprint density at radius 2 is 2.33 bits per heavy atom. The van der Waals surface area contributed by atoms with E-state index in [1.165, 1.54) is 0 Å². The molecule has 12 heavy (non-hydrogen) atoms. The summed E-state index contributed by atoms with van der Waals surface area (Å²) in [7, 11) is 0. The molecule has 2 aromatic heterocycles. The summed E-state index contributed by atoms with van der Waals surface area (Å²) >= 11 is 0. The molecule has 2 rings (SSSR count). The summed E-state index contributed by atoms with van der Waals surface area (Å²) in [4.78, 5) is 8.01. The highest BCUT2D eigenvalue weighted by Gasteiger charge is 1.93. The van der Waals surface area contributed by atoms with E-state index in [9.17, 15) is 0 Å². The number of nitrogens with zero attached hydrogens (tertiary/aromatic N) is 2. The molecule has 0 unspecified atom stereocenters. The van der Waals surface area contributed by atoms with E-state index in [2.05, 4.69) is 22.1 Å². The highest BCUT2D eigenvalue weighted by molar-refractivity contribution is 5.77. The molecule has 0 atom stereocenters. The number of rotatable bonds is 0. The van der Waals surface area contributed by atoms with Gasteiger partial charge in [0, 0.05) is 5.39 Å². The Bertz CT molecular complexity index is 455. The lowest BCUT2D eigenvalue weighted by Gasteiger charge is -1.94. The first-order valence-electron chi connectivity index (χ1n) is 3.49. The van der Waals surface area contributed by atoms with Gasteiger partial charge in [-0.2, -0.15) is 0 Å². The van der Waals surface area contributed by atoms with Crippen molar-refractivity contribution in [2.45, 2.75) is 0 Å². The Morgan fingerprint density at radius 1 is 1.42 bits per heavy atom. The maximum absolute atomic E-state index is 5.20. The van der Waals surface area contributed by atoms with Crippen LogP contribution < -0.4 is 0 Å². The number of fused-ring (bicyclic) bond motifs is 1. The van der Waals surface area contributed by atoms with Crippen LogP contribution in [-0.4, -0.2) is 9.97 Å². The standard InChI is InChI=1S/C10H5N2/c1-2-9-4-3-8-5-6-11-7-10(8)12-9/h1,3-5,7H. The summed E-state index contributed by atoms with van der Waals surface area (Å²) in [5, 5.41) is 1.00. The van der Waals surface area contributed by atoms with Crippen LogP contribution in [0.15, 0.2) is 24.4 Å². The Labute approximate surface area is 70.3 Å². The second kappa shape index (κ2) is 2.63. The lowest BCUT2D eigenvalue weighted by Crippen LogP contribution is -1.84. The molecule has 1 radical (unpaired) electrons. The third kappa shape index (κ3) is 1.02. The van der Waals surface area contributed by atoms with Gasteiger partial charge in [0.2, 0.25) is 0 Å². The zero-order valence-electron chi connectivity index (χ0n) is 6.28. The fourth-order valence-electron chi connectivity index (χ4n) is 0.997. The minimum Gasteiger partial charge on any atom is -0.252 e. The molecule has 2 heterocycles. The van der Waals surface area contributed by atoms with Crippen molar-refractivity contribution in [2.75, 3.05) is 0 Å². The molecular formula is C10H5N2. The molecule has 0 N–H and O–H groups in total. The molecule has 0 aromatic carbocycles. The minimum absolute atomic E-state index is 0.635. The Hall–Kier alpha value is -1.88. The maximum atomic E-state index is 5.20. The largest absolute Gasteiger partial charge is 0.252 e. The first-order chi connectivity index (χ1) is 5.90. The number of pyridine rings is 2. The van der Waals surface area contributed by atoms with Crippen molar-refractivity contribution in [3.05, 3.63) is 36.3 Å². The van der Waals surface area contributed by atoms with Crippen molar-refractivity contribution in [3.63, 3.8) is 0 Å². The predicted octanol–water partition coefficient (Wildman–Crippen LogP) is 1.41. The average Bonchev–Trinajstić information content (AvgIpc) is 2.17. The van der Waals surface area contributed by atoms with Crippen molar-refractivity contribution in [1.29, 1.82) is 0 Å². The van der Waals surface area contributed by atoms with Crippen LogP contribution in [0.3, 0.4) is 0 Å². The first kappa shape index (κ1) is 6.81. The monoisotopic (exact) mass is 153 g/mol. The number of aromatic nitrogens is 2. The van der Waals surface area contributed by atoms with E-state index < -0.39 is 0 Å². The van der Waals surface area contributed by atoms with Crippen molar-refractivity contribution < 1.29 is 0 Å². The molecular weight excluding hydrogens is 148 g/mol. The molecule has 0 bridgehead atoms. The molecule has 2 aromatic rings. The summed E-state index contributed by atoms with van der Waals surface area (Å²) in [5.41, 5.74) is 1.44. The second-order valence-corrected chi connectivity index (χ2v) is 2.35. The normalized spacial score (nSPS) is 9.58. The molecule has 0 amide bonds. The number of terminal acetylenes is 1. The van der Waals surface area contributed by atoms with E-state index in [1.54, 1.807) is 18.3 Å². The molecule has 0 saturated heterocycles. The van der Waals surface area contributed by atoms with Gasteiger partial charge in [0.1, 0.15) is 5.69 Å². The topological polar surface area (TPSA) is 25.8 Å². The summed E-state index contributed by atoms with van der Waals surface area (Å²) < 4.78 is 0. The third-order valence-corrected chi connectivity index (χ3v) is 1.59. The SMILES string of the molecule is C#Cc1ccc2c[c]ncc2n1. The molecule has 2 nitrogen and oxygen atoms in total. The molecule has 0 aliphatic heterocycles. The Morgan fingerprint density at radius 3 is 3.17 bits per heavy atom.